The van der Waals surface area contributed by atoms with E-state index in [1.54, 1.807) is 10.4 Å². The van der Waals surface area contributed by atoms with E-state index in [2.05, 4.69) is 19.2 Å². The lowest BCUT2D eigenvalue weighted by molar-refractivity contribution is 0.213. The van der Waals surface area contributed by atoms with Crippen molar-refractivity contribution in [3.8, 4) is 0 Å². The van der Waals surface area contributed by atoms with Gasteiger partial charge in [0.1, 0.15) is 4.21 Å². The first-order chi connectivity index (χ1) is 8.95. The second-order valence-electron chi connectivity index (χ2n) is 5.36. The van der Waals surface area contributed by atoms with Crippen molar-refractivity contribution in [3.63, 3.8) is 0 Å². The third kappa shape index (κ3) is 3.18. The largest absolute Gasteiger partial charge is 0.315 e. The maximum Gasteiger partial charge on any atom is 0.252 e. The summed E-state index contributed by atoms with van der Waals surface area (Å²) < 4.78 is 27.3. The number of sulfonamides is 1. The average molecular weight is 302 g/mol. The SMILES string of the molecule is CNCc1ccc(S(=O)(=O)N2CCC(C)C(C)C2)s1. The van der Waals surface area contributed by atoms with Crippen LogP contribution < -0.4 is 5.32 Å². The molecule has 0 bridgehead atoms. The molecular formula is C13H22N2O2S2. The van der Waals surface area contributed by atoms with Gasteiger partial charge >= 0.3 is 0 Å². The minimum Gasteiger partial charge on any atom is -0.315 e. The molecule has 2 atom stereocenters. The van der Waals surface area contributed by atoms with E-state index in [9.17, 15) is 8.42 Å². The minimum absolute atomic E-state index is 0.431. The number of rotatable bonds is 4. The third-order valence-corrected chi connectivity index (χ3v) is 7.30. The molecule has 0 aromatic carbocycles. The van der Waals surface area contributed by atoms with Crippen LogP contribution in [0.15, 0.2) is 16.3 Å². The highest BCUT2D eigenvalue weighted by Crippen LogP contribution is 2.30. The second kappa shape index (κ2) is 5.91. The van der Waals surface area contributed by atoms with Gasteiger partial charge < -0.3 is 5.32 Å². The number of nitrogens with one attached hydrogen (secondary N) is 1. The summed E-state index contributed by atoms with van der Waals surface area (Å²) >= 11 is 1.37. The summed E-state index contributed by atoms with van der Waals surface area (Å²) in [6.07, 6.45) is 0.954. The van der Waals surface area contributed by atoms with Gasteiger partial charge in [-0.05, 0) is 37.4 Å². The molecule has 1 N–H and O–H groups in total. The summed E-state index contributed by atoms with van der Waals surface area (Å²) in [6.45, 7) is 6.33. The lowest BCUT2D eigenvalue weighted by atomic mass is 9.90. The van der Waals surface area contributed by atoms with Gasteiger partial charge in [-0.25, -0.2) is 8.42 Å². The second-order valence-corrected chi connectivity index (χ2v) is 8.69. The molecule has 1 aromatic heterocycles. The number of hydrogen-bond acceptors (Lipinski definition) is 4. The molecule has 0 aliphatic carbocycles. The van der Waals surface area contributed by atoms with Crippen LogP contribution in [0.3, 0.4) is 0 Å². The van der Waals surface area contributed by atoms with E-state index in [0.717, 1.165) is 11.3 Å². The Morgan fingerprint density at radius 1 is 1.37 bits per heavy atom. The predicted octanol–water partition coefficient (Wildman–Crippen LogP) is 2.13. The zero-order chi connectivity index (χ0) is 14.0. The third-order valence-electron chi connectivity index (χ3n) is 3.88. The van der Waals surface area contributed by atoms with E-state index in [0.29, 0.717) is 35.7 Å². The Kier molecular flexibility index (Phi) is 4.66. The molecule has 6 heteroatoms. The Morgan fingerprint density at radius 3 is 2.74 bits per heavy atom. The van der Waals surface area contributed by atoms with Crippen LogP contribution >= 0.6 is 11.3 Å². The van der Waals surface area contributed by atoms with Gasteiger partial charge in [0.15, 0.2) is 0 Å². The smallest absolute Gasteiger partial charge is 0.252 e. The predicted molar refractivity (Wildman–Crippen MR) is 78.8 cm³/mol. The number of hydrogen-bond donors (Lipinski definition) is 1. The first kappa shape index (κ1) is 15.0. The lowest BCUT2D eigenvalue weighted by Gasteiger charge is -2.34. The molecule has 1 aliphatic rings. The van der Waals surface area contributed by atoms with Gasteiger partial charge in [0.25, 0.3) is 10.0 Å². The van der Waals surface area contributed by atoms with Crippen molar-refractivity contribution in [2.75, 3.05) is 20.1 Å². The van der Waals surface area contributed by atoms with Gasteiger partial charge in [-0.2, -0.15) is 4.31 Å². The van der Waals surface area contributed by atoms with Crippen molar-refractivity contribution in [3.05, 3.63) is 17.0 Å². The van der Waals surface area contributed by atoms with Crippen molar-refractivity contribution < 1.29 is 8.42 Å². The van der Waals surface area contributed by atoms with Gasteiger partial charge in [0, 0.05) is 24.5 Å². The topological polar surface area (TPSA) is 49.4 Å². The van der Waals surface area contributed by atoms with E-state index >= 15 is 0 Å². The van der Waals surface area contributed by atoms with Crippen LogP contribution in [0.1, 0.15) is 25.1 Å². The van der Waals surface area contributed by atoms with Crippen LogP contribution in [-0.2, 0) is 16.6 Å². The van der Waals surface area contributed by atoms with Crippen molar-refractivity contribution in [2.24, 2.45) is 11.8 Å². The van der Waals surface area contributed by atoms with Gasteiger partial charge in [0.05, 0.1) is 0 Å². The molecule has 1 fully saturated rings. The summed E-state index contributed by atoms with van der Waals surface area (Å²) in [6, 6.07) is 3.62. The Hall–Kier alpha value is -0.430. The van der Waals surface area contributed by atoms with Crippen molar-refractivity contribution in [2.45, 2.75) is 31.0 Å². The maximum atomic E-state index is 12.6. The monoisotopic (exact) mass is 302 g/mol. The molecule has 19 heavy (non-hydrogen) atoms. The Labute approximate surface area is 119 Å². The average Bonchev–Trinajstić information content (AvgIpc) is 2.82. The molecule has 0 spiro atoms. The van der Waals surface area contributed by atoms with Gasteiger partial charge in [-0.3, -0.25) is 0 Å². The van der Waals surface area contributed by atoms with Crippen molar-refractivity contribution >= 4 is 21.4 Å². The molecule has 1 aromatic rings. The van der Waals surface area contributed by atoms with E-state index in [-0.39, 0.29) is 0 Å². The molecule has 0 saturated carbocycles. The minimum atomic E-state index is -3.29. The van der Waals surface area contributed by atoms with E-state index in [1.165, 1.54) is 11.3 Å². The number of piperidine rings is 1. The zero-order valence-corrected chi connectivity index (χ0v) is 13.4. The number of nitrogens with zero attached hydrogens (tertiary/aromatic N) is 1. The van der Waals surface area contributed by atoms with Crippen molar-refractivity contribution in [1.82, 2.24) is 9.62 Å². The zero-order valence-electron chi connectivity index (χ0n) is 11.7. The fourth-order valence-electron chi connectivity index (χ4n) is 2.34. The van der Waals surface area contributed by atoms with E-state index in [4.69, 9.17) is 0 Å². The molecule has 108 valence electrons. The molecular weight excluding hydrogens is 280 g/mol. The maximum absolute atomic E-state index is 12.6. The number of thiophene rings is 1. The lowest BCUT2D eigenvalue weighted by Crippen LogP contribution is -2.41. The summed E-state index contributed by atoms with van der Waals surface area (Å²) in [5, 5.41) is 3.04. The van der Waals surface area contributed by atoms with Gasteiger partial charge in [-0.1, -0.05) is 13.8 Å². The highest BCUT2D eigenvalue weighted by atomic mass is 32.2. The van der Waals surface area contributed by atoms with E-state index in [1.807, 2.05) is 13.1 Å². The Balaban J connectivity index is 2.17. The van der Waals surface area contributed by atoms with Crippen LogP contribution in [-0.4, -0.2) is 32.9 Å². The van der Waals surface area contributed by atoms with Gasteiger partial charge in [-0.15, -0.1) is 11.3 Å². The molecule has 2 unspecified atom stereocenters. The van der Waals surface area contributed by atoms with Crippen molar-refractivity contribution in [1.29, 1.82) is 0 Å². The fraction of sp³-hybridized carbons (Fsp3) is 0.692. The fourth-order valence-corrected chi connectivity index (χ4v) is 5.41. The Bertz CT molecular complexity index is 525. The molecule has 2 rings (SSSR count). The summed E-state index contributed by atoms with van der Waals surface area (Å²) in [5.74, 6) is 1.04. The molecule has 0 radical (unpaired) electrons. The summed E-state index contributed by atoms with van der Waals surface area (Å²) in [4.78, 5) is 1.06. The summed E-state index contributed by atoms with van der Waals surface area (Å²) in [7, 11) is -1.43. The molecule has 1 aliphatic heterocycles. The van der Waals surface area contributed by atoms with Crippen LogP contribution in [0.5, 0.6) is 0 Å². The Morgan fingerprint density at radius 2 is 2.11 bits per heavy atom. The van der Waals surface area contributed by atoms with Crippen LogP contribution in [0.4, 0.5) is 0 Å². The highest BCUT2D eigenvalue weighted by molar-refractivity contribution is 7.91. The first-order valence-electron chi connectivity index (χ1n) is 6.68. The standard InChI is InChI=1S/C13H22N2O2S2/c1-10-6-7-15(9-11(10)2)19(16,17)13-5-4-12(18-13)8-14-3/h4-5,10-11,14H,6-9H2,1-3H3. The molecule has 2 heterocycles. The summed E-state index contributed by atoms with van der Waals surface area (Å²) in [5.41, 5.74) is 0. The highest BCUT2D eigenvalue weighted by Gasteiger charge is 2.32. The first-order valence-corrected chi connectivity index (χ1v) is 8.94. The normalized spacial score (nSPS) is 25.6. The molecule has 4 nitrogen and oxygen atoms in total. The van der Waals surface area contributed by atoms with Crippen LogP contribution in [0.2, 0.25) is 0 Å². The quantitative estimate of drug-likeness (QED) is 0.927. The van der Waals surface area contributed by atoms with Crippen LogP contribution in [0, 0.1) is 11.8 Å². The molecule has 1 saturated heterocycles. The van der Waals surface area contributed by atoms with E-state index < -0.39 is 10.0 Å². The molecule has 0 amide bonds. The van der Waals surface area contributed by atoms with Gasteiger partial charge in [0.2, 0.25) is 0 Å². The van der Waals surface area contributed by atoms with Crippen LogP contribution in [0.25, 0.3) is 0 Å².